The maximum atomic E-state index is 12.1. The molecule has 2 heterocycles. The fourth-order valence-corrected chi connectivity index (χ4v) is 2.63. The van der Waals surface area contributed by atoms with Crippen molar-refractivity contribution in [2.75, 3.05) is 6.61 Å². The second kappa shape index (κ2) is 5.19. The zero-order valence-corrected chi connectivity index (χ0v) is 12.3. The minimum atomic E-state index is -1.04. The lowest BCUT2D eigenvalue weighted by molar-refractivity contribution is -0.167. The Bertz CT molecular complexity index is 624. The molecule has 2 atom stereocenters. The first-order valence-corrected chi connectivity index (χ1v) is 6.99. The standard InChI is InChI=1S/C15H16N2O5/c1-9-8-21-15(2,22-9)7-12(18)16-17-13(19)10-5-3-4-6-11(10)14(17)20/h3-6,9H,7-8H2,1-2H3,(H,16,18)/t9-,15+/m1/s1. The van der Waals surface area contributed by atoms with Gasteiger partial charge in [-0.15, -0.1) is 0 Å². The maximum Gasteiger partial charge on any atom is 0.280 e. The first-order valence-electron chi connectivity index (χ1n) is 6.99. The number of hydrogen-bond acceptors (Lipinski definition) is 5. The van der Waals surface area contributed by atoms with Crippen molar-refractivity contribution < 1.29 is 23.9 Å². The molecule has 2 aliphatic heterocycles. The molecule has 0 radical (unpaired) electrons. The molecule has 0 unspecified atom stereocenters. The van der Waals surface area contributed by atoms with Crippen molar-refractivity contribution in [2.45, 2.75) is 32.2 Å². The molecule has 0 aliphatic carbocycles. The van der Waals surface area contributed by atoms with E-state index < -0.39 is 23.5 Å². The molecule has 1 fully saturated rings. The van der Waals surface area contributed by atoms with E-state index in [-0.39, 0.29) is 23.7 Å². The molecule has 1 aromatic carbocycles. The van der Waals surface area contributed by atoms with Crippen LogP contribution in [0.5, 0.6) is 0 Å². The zero-order chi connectivity index (χ0) is 15.9. The highest BCUT2D eigenvalue weighted by atomic mass is 16.7. The van der Waals surface area contributed by atoms with Crippen LogP contribution >= 0.6 is 0 Å². The molecule has 0 aromatic heterocycles. The van der Waals surface area contributed by atoms with Crippen LogP contribution in [0.4, 0.5) is 0 Å². The van der Waals surface area contributed by atoms with Gasteiger partial charge >= 0.3 is 0 Å². The van der Waals surface area contributed by atoms with Crippen LogP contribution in [0.25, 0.3) is 0 Å². The normalized spacial score (nSPS) is 27.2. The highest BCUT2D eigenvalue weighted by molar-refractivity contribution is 6.21. The molecule has 0 spiro atoms. The van der Waals surface area contributed by atoms with Crippen LogP contribution in [0.1, 0.15) is 41.0 Å². The van der Waals surface area contributed by atoms with E-state index in [2.05, 4.69) is 5.43 Å². The van der Waals surface area contributed by atoms with Gasteiger partial charge in [0.1, 0.15) is 0 Å². The van der Waals surface area contributed by atoms with E-state index >= 15 is 0 Å². The molecule has 1 saturated heterocycles. The van der Waals surface area contributed by atoms with Crippen LogP contribution in [0, 0.1) is 0 Å². The number of carbonyl (C=O) groups is 3. The van der Waals surface area contributed by atoms with E-state index in [1.54, 1.807) is 31.2 Å². The molecule has 7 nitrogen and oxygen atoms in total. The van der Waals surface area contributed by atoms with E-state index in [0.29, 0.717) is 6.61 Å². The molecule has 0 saturated carbocycles. The predicted molar refractivity (Wildman–Crippen MR) is 74.6 cm³/mol. The first-order chi connectivity index (χ1) is 10.4. The first kappa shape index (κ1) is 14.7. The smallest absolute Gasteiger partial charge is 0.280 e. The van der Waals surface area contributed by atoms with Gasteiger partial charge in [0, 0.05) is 0 Å². The van der Waals surface area contributed by atoms with Gasteiger partial charge in [-0.05, 0) is 26.0 Å². The second-order valence-corrected chi connectivity index (χ2v) is 5.58. The number of rotatable bonds is 3. The molecule has 116 valence electrons. The van der Waals surface area contributed by atoms with Crippen molar-refractivity contribution in [3.63, 3.8) is 0 Å². The van der Waals surface area contributed by atoms with E-state index in [9.17, 15) is 14.4 Å². The molecule has 0 bridgehead atoms. The Morgan fingerprint density at radius 1 is 1.32 bits per heavy atom. The number of nitrogens with zero attached hydrogens (tertiary/aromatic N) is 1. The average Bonchev–Trinajstić information content (AvgIpc) is 2.92. The molecule has 7 heteroatoms. The second-order valence-electron chi connectivity index (χ2n) is 5.58. The van der Waals surface area contributed by atoms with Gasteiger partial charge in [-0.1, -0.05) is 12.1 Å². The number of ether oxygens (including phenoxy) is 2. The van der Waals surface area contributed by atoms with Gasteiger partial charge in [-0.25, -0.2) is 0 Å². The van der Waals surface area contributed by atoms with E-state index in [0.717, 1.165) is 5.01 Å². The summed E-state index contributed by atoms with van der Waals surface area (Å²) in [7, 11) is 0. The van der Waals surface area contributed by atoms with Gasteiger partial charge in [-0.3, -0.25) is 19.8 Å². The largest absolute Gasteiger partial charge is 0.347 e. The SMILES string of the molecule is C[C@@H]1CO[C@](C)(CC(=O)NN2C(=O)c3ccccc3C2=O)O1. The quantitative estimate of drug-likeness (QED) is 0.837. The Morgan fingerprint density at radius 3 is 2.41 bits per heavy atom. The molecule has 1 aromatic rings. The Labute approximate surface area is 127 Å². The number of carbonyl (C=O) groups excluding carboxylic acids is 3. The number of hydrazine groups is 1. The lowest BCUT2D eigenvalue weighted by atomic mass is 10.1. The Kier molecular flexibility index (Phi) is 3.46. The fourth-order valence-electron chi connectivity index (χ4n) is 2.63. The molecule has 2 aliphatic rings. The van der Waals surface area contributed by atoms with Crippen molar-refractivity contribution in [3.05, 3.63) is 35.4 Å². The summed E-state index contributed by atoms with van der Waals surface area (Å²) < 4.78 is 11.0. The van der Waals surface area contributed by atoms with Gasteiger partial charge in [0.15, 0.2) is 5.79 Å². The summed E-state index contributed by atoms with van der Waals surface area (Å²) in [5.41, 5.74) is 2.88. The Morgan fingerprint density at radius 2 is 1.91 bits per heavy atom. The van der Waals surface area contributed by atoms with Gasteiger partial charge in [0.25, 0.3) is 11.8 Å². The maximum absolute atomic E-state index is 12.1. The summed E-state index contributed by atoms with van der Waals surface area (Å²) in [4.78, 5) is 36.4. The number of nitrogens with one attached hydrogen (secondary N) is 1. The summed E-state index contributed by atoms with van der Waals surface area (Å²) in [6.07, 6.45) is -0.206. The number of imide groups is 1. The van der Waals surface area contributed by atoms with Crippen molar-refractivity contribution in [1.29, 1.82) is 0 Å². The van der Waals surface area contributed by atoms with Gasteiger partial charge in [0.05, 0.1) is 30.3 Å². The van der Waals surface area contributed by atoms with Crippen molar-refractivity contribution in [2.24, 2.45) is 0 Å². The summed E-state index contributed by atoms with van der Waals surface area (Å²) in [6, 6.07) is 6.43. The van der Waals surface area contributed by atoms with E-state index in [1.165, 1.54) is 0 Å². The monoisotopic (exact) mass is 304 g/mol. The molecular formula is C15H16N2O5. The van der Waals surface area contributed by atoms with Crippen molar-refractivity contribution >= 4 is 17.7 Å². The minimum absolute atomic E-state index is 0.0999. The third-order valence-corrected chi connectivity index (χ3v) is 3.59. The molecule has 1 N–H and O–H groups in total. The van der Waals surface area contributed by atoms with Crippen LogP contribution in [0.15, 0.2) is 24.3 Å². The van der Waals surface area contributed by atoms with Crippen molar-refractivity contribution in [1.82, 2.24) is 10.4 Å². The topological polar surface area (TPSA) is 84.9 Å². The Hall–Kier alpha value is -2.25. The van der Waals surface area contributed by atoms with Gasteiger partial charge < -0.3 is 9.47 Å². The highest BCUT2D eigenvalue weighted by Gasteiger charge is 2.40. The van der Waals surface area contributed by atoms with Gasteiger partial charge in [-0.2, -0.15) is 5.01 Å². The molecule has 22 heavy (non-hydrogen) atoms. The highest BCUT2D eigenvalue weighted by Crippen LogP contribution is 2.27. The number of hydrogen-bond donors (Lipinski definition) is 1. The lowest BCUT2D eigenvalue weighted by Crippen LogP contribution is -2.48. The summed E-state index contributed by atoms with van der Waals surface area (Å²) >= 11 is 0. The van der Waals surface area contributed by atoms with Crippen LogP contribution in [-0.2, 0) is 14.3 Å². The number of fused-ring (bicyclic) bond motifs is 1. The predicted octanol–water partition coefficient (Wildman–Crippen LogP) is 0.855. The molecule has 3 rings (SSSR count). The number of amides is 3. The van der Waals surface area contributed by atoms with Crippen LogP contribution in [-0.4, -0.2) is 41.2 Å². The summed E-state index contributed by atoms with van der Waals surface area (Å²) in [5, 5.41) is 0.731. The third-order valence-electron chi connectivity index (χ3n) is 3.59. The van der Waals surface area contributed by atoms with Crippen LogP contribution < -0.4 is 5.43 Å². The van der Waals surface area contributed by atoms with Crippen LogP contribution in [0.2, 0.25) is 0 Å². The van der Waals surface area contributed by atoms with Gasteiger partial charge in [0.2, 0.25) is 5.91 Å². The van der Waals surface area contributed by atoms with E-state index in [1.807, 2.05) is 6.92 Å². The molecular weight excluding hydrogens is 288 g/mol. The molecule has 3 amide bonds. The van der Waals surface area contributed by atoms with Crippen LogP contribution in [0.3, 0.4) is 0 Å². The van der Waals surface area contributed by atoms with Crippen molar-refractivity contribution in [3.8, 4) is 0 Å². The number of benzene rings is 1. The van der Waals surface area contributed by atoms with E-state index in [4.69, 9.17) is 9.47 Å². The minimum Gasteiger partial charge on any atom is -0.347 e. The summed E-state index contributed by atoms with van der Waals surface area (Å²) in [5.74, 6) is -2.64. The fraction of sp³-hybridized carbons (Fsp3) is 0.400. The third kappa shape index (κ3) is 2.49. The average molecular weight is 304 g/mol. The Balaban J connectivity index is 1.68. The summed E-state index contributed by atoms with van der Waals surface area (Å²) in [6.45, 7) is 3.89. The lowest BCUT2D eigenvalue weighted by Gasteiger charge is -2.23. The zero-order valence-electron chi connectivity index (χ0n) is 12.3.